The summed E-state index contributed by atoms with van der Waals surface area (Å²) in [5.74, 6) is -0.918. The number of benzene rings is 1. The van der Waals surface area contributed by atoms with Crippen molar-refractivity contribution in [2.45, 2.75) is 12.5 Å². The van der Waals surface area contributed by atoms with Crippen molar-refractivity contribution in [3.05, 3.63) is 35.9 Å². The van der Waals surface area contributed by atoms with Crippen molar-refractivity contribution in [1.82, 2.24) is 5.48 Å². The molecule has 0 aliphatic carbocycles. The maximum atomic E-state index is 10.9. The molecule has 0 fully saturated rings. The van der Waals surface area contributed by atoms with Crippen LogP contribution in [0.5, 0.6) is 0 Å². The van der Waals surface area contributed by atoms with Gasteiger partial charge < -0.3 is 9.94 Å². The van der Waals surface area contributed by atoms with E-state index in [1.54, 1.807) is 0 Å². The van der Waals surface area contributed by atoms with Gasteiger partial charge in [-0.1, -0.05) is 46.3 Å². The van der Waals surface area contributed by atoms with Gasteiger partial charge in [-0.15, -0.1) is 0 Å². The Bertz CT molecular complexity index is 318. The van der Waals surface area contributed by atoms with Gasteiger partial charge in [-0.3, -0.25) is 4.79 Å². The third-order valence-electron chi connectivity index (χ3n) is 1.99. The molecular weight excluding hydrogens is 274 g/mol. The van der Waals surface area contributed by atoms with E-state index in [9.17, 15) is 4.79 Å². The van der Waals surface area contributed by atoms with E-state index >= 15 is 0 Å². The predicted octanol–water partition coefficient (Wildman–Crippen LogP) is 1.60. The second-order valence-corrected chi connectivity index (χ2v) is 4.03. The highest BCUT2D eigenvalue weighted by Crippen LogP contribution is 2.03. The van der Waals surface area contributed by atoms with Crippen LogP contribution in [0, 0.1) is 0 Å². The lowest BCUT2D eigenvalue weighted by Crippen LogP contribution is -2.38. The summed E-state index contributed by atoms with van der Waals surface area (Å²) in [6.45, 7) is 0.429. The van der Waals surface area contributed by atoms with Crippen molar-refractivity contribution >= 4 is 21.9 Å². The van der Waals surface area contributed by atoms with Crippen molar-refractivity contribution in [2.75, 3.05) is 11.9 Å². The molecular formula is C11H14BrNO3. The SMILES string of the molecule is O=C(O)C(Cc1ccccc1)NOCCBr. The fourth-order valence-electron chi connectivity index (χ4n) is 1.23. The van der Waals surface area contributed by atoms with Crippen LogP contribution in [0.3, 0.4) is 0 Å². The molecule has 88 valence electrons. The van der Waals surface area contributed by atoms with Crippen LogP contribution in [-0.4, -0.2) is 29.1 Å². The standard InChI is InChI=1S/C11H14BrNO3/c12-6-7-16-13-10(11(14)15)8-9-4-2-1-3-5-9/h1-5,10,13H,6-8H2,(H,14,15). The highest BCUT2D eigenvalue weighted by atomic mass is 79.9. The molecule has 0 saturated carbocycles. The molecule has 0 saturated heterocycles. The second-order valence-electron chi connectivity index (χ2n) is 3.24. The topological polar surface area (TPSA) is 58.6 Å². The van der Waals surface area contributed by atoms with Gasteiger partial charge >= 0.3 is 5.97 Å². The number of nitrogens with one attached hydrogen (secondary N) is 1. The van der Waals surface area contributed by atoms with Gasteiger partial charge in [0.1, 0.15) is 6.04 Å². The van der Waals surface area contributed by atoms with E-state index in [-0.39, 0.29) is 0 Å². The highest BCUT2D eigenvalue weighted by Gasteiger charge is 2.17. The number of carbonyl (C=O) groups is 1. The lowest BCUT2D eigenvalue weighted by atomic mass is 10.1. The number of carboxylic acid groups (broad SMARTS) is 1. The Morgan fingerprint density at radius 3 is 2.69 bits per heavy atom. The average molecular weight is 288 g/mol. The summed E-state index contributed by atoms with van der Waals surface area (Å²) < 4.78 is 0. The smallest absolute Gasteiger partial charge is 0.323 e. The minimum absolute atomic E-state index is 0.401. The number of hydrogen-bond donors (Lipinski definition) is 2. The molecule has 16 heavy (non-hydrogen) atoms. The van der Waals surface area contributed by atoms with Gasteiger partial charge in [0.15, 0.2) is 0 Å². The molecule has 0 bridgehead atoms. The van der Waals surface area contributed by atoms with Gasteiger partial charge in [-0.2, -0.15) is 5.48 Å². The monoisotopic (exact) mass is 287 g/mol. The van der Waals surface area contributed by atoms with Gasteiger partial charge in [0.25, 0.3) is 0 Å². The Labute approximate surface area is 103 Å². The number of alkyl halides is 1. The molecule has 4 nitrogen and oxygen atoms in total. The minimum Gasteiger partial charge on any atom is -0.480 e. The third-order valence-corrected chi connectivity index (χ3v) is 2.31. The fraction of sp³-hybridized carbons (Fsp3) is 0.364. The van der Waals surface area contributed by atoms with Gasteiger partial charge in [0, 0.05) is 11.8 Å². The largest absolute Gasteiger partial charge is 0.480 e. The quantitative estimate of drug-likeness (QED) is 0.454. The van der Waals surface area contributed by atoms with Crippen molar-refractivity contribution in [3.8, 4) is 0 Å². The molecule has 0 radical (unpaired) electrons. The molecule has 0 aliphatic heterocycles. The molecule has 1 unspecified atom stereocenters. The Morgan fingerprint density at radius 2 is 2.12 bits per heavy atom. The number of aliphatic carboxylic acids is 1. The Balaban J connectivity index is 2.48. The molecule has 2 N–H and O–H groups in total. The molecule has 0 amide bonds. The normalized spacial score (nSPS) is 12.3. The second kappa shape index (κ2) is 7.38. The summed E-state index contributed by atoms with van der Waals surface area (Å²) in [7, 11) is 0. The van der Waals surface area contributed by atoms with E-state index in [0.717, 1.165) is 5.56 Å². The van der Waals surface area contributed by atoms with Crippen molar-refractivity contribution in [1.29, 1.82) is 0 Å². The van der Waals surface area contributed by atoms with Gasteiger partial charge in [-0.25, -0.2) is 0 Å². The fourth-order valence-corrected chi connectivity index (χ4v) is 1.39. The van der Waals surface area contributed by atoms with Crippen LogP contribution in [0.25, 0.3) is 0 Å². The molecule has 1 atom stereocenters. The van der Waals surface area contributed by atoms with Gasteiger partial charge in [0.05, 0.1) is 6.61 Å². The highest BCUT2D eigenvalue weighted by molar-refractivity contribution is 9.09. The maximum Gasteiger partial charge on any atom is 0.323 e. The summed E-state index contributed by atoms with van der Waals surface area (Å²) in [6.07, 6.45) is 0.401. The molecule has 0 aliphatic rings. The van der Waals surface area contributed by atoms with Crippen LogP contribution < -0.4 is 5.48 Å². The Kier molecular flexibility index (Phi) is 6.07. The van der Waals surface area contributed by atoms with Crippen LogP contribution in [0.1, 0.15) is 5.56 Å². The van der Waals surface area contributed by atoms with E-state index in [1.165, 1.54) is 0 Å². The molecule has 0 aromatic heterocycles. The Morgan fingerprint density at radius 1 is 1.44 bits per heavy atom. The predicted molar refractivity (Wildman–Crippen MR) is 64.5 cm³/mol. The number of rotatable bonds is 7. The van der Waals surface area contributed by atoms with E-state index in [1.807, 2.05) is 30.3 Å². The van der Waals surface area contributed by atoms with E-state index in [0.29, 0.717) is 18.4 Å². The lowest BCUT2D eigenvalue weighted by Gasteiger charge is -2.13. The summed E-state index contributed by atoms with van der Waals surface area (Å²) in [6, 6.07) is 8.72. The number of halogens is 1. The van der Waals surface area contributed by atoms with E-state index < -0.39 is 12.0 Å². The summed E-state index contributed by atoms with van der Waals surface area (Å²) >= 11 is 3.19. The Hall–Kier alpha value is -0.910. The molecule has 0 spiro atoms. The zero-order valence-electron chi connectivity index (χ0n) is 8.73. The number of carboxylic acids is 1. The van der Waals surface area contributed by atoms with Gasteiger partial charge in [-0.05, 0) is 5.56 Å². The van der Waals surface area contributed by atoms with E-state index in [4.69, 9.17) is 9.94 Å². The van der Waals surface area contributed by atoms with Crippen LogP contribution in [0.4, 0.5) is 0 Å². The first-order valence-corrected chi connectivity index (χ1v) is 6.06. The first-order valence-electron chi connectivity index (χ1n) is 4.94. The maximum absolute atomic E-state index is 10.9. The van der Waals surface area contributed by atoms with Crippen LogP contribution in [0.2, 0.25) is 0 Å². The molecule has 0 heterocycles. The molecule has 1 rings (SSSR count). The van der Waals surface area contributed by atoms with E-state index in [2.05, 4.69) is 21.4 Å². The van der Waals surface area contributed by atoms with Crippen LogP contribution in [0.15, 0.2) is 30.3 Å². The summed E-state index contributed by atoms with van der Waals surface area (Å²) in [4.78, 5) is 15.9. The molecule has 1 aromatic rings. The summed E-state index contributed by atoms with van der Waals surface area (Å²) in [5.41, 5.74) is 3.50. The molecule has 5 heteroatoms. The number of hydroxylamine groups is 1. The first kappa shape index (κ1) is 13.2. The van der Waals surface area contributed by atoms with Crippen molar-refractivity contribution < 1.29 is 14.7 Å². The van der Waals surface area contributed by atoms with Crippen molar-refractivity contribution in [2.24, 2.45) is 0 Å². The average Bonchev–Trinajstić information content (AvgIpc) is 2.29. The first-order chi connectivity index (χ1) is 7.74. The van der Waals surface area contributed by atoms with Gasteiger partial charge in [0.2, 0.25) is 0 Å². The lowest BCUT2D eigenvalue weighted by molar-refractivity contribution is -0.143. The van der Waals surface area contributed by atoms with Crippen molar-refractivity contribution in [3.63, 3.8) is 0 Å². The third kappa shape index (κ3) is 4.74. The summed E-state index contributed by atoms with van der Waals surface area (Å²) in [5, 5.41) is 9.64. The zero-order valence-corrected chi connectivity index (χ0v) is 10.3. The molecule has 1 aromatic carbocycles. The zero-order chi connectivity index (χ0) is 11.8. The van der Waals surface area contributed by atoms with Crippen LogP contribution >= 0.6 is 15.9 Å². The number of hydrogen-bond acceptors (Lipinski definition) is 3. The minimum atomic E-state index is -0.918. The van der Waals surface area contributed by atoms with Crippen LogP contribution in [-0.2, 0) is 16.1 Å².